The van der Waals surface area contributed by atoms with Gasteiger partial charge in [0.2, 0.25) is 0 Å². The second-order valence-corrected chi connectivity index (χ2v) is 5.99. The van der Waals surface area contributed by atoms with E-state index in [1.54, 1.807) is 5.57 Å². The van der Waals surface area contributed by atoms with Gasteiger partial charge < -0.3 is 5.32 Å². The van der Waals surface area contributed by atoms with Crippen molar-refractivity contribution in [1.82, 2.24) is 10.2 Å². The molecule has 0 saturated heterocycles. The number of hydrogen-bond donors (Lipinski definition) is 1. The summed E-state index contributed by atoms with van der Waals surface area (Å²) >= 11 is 0. The molecule has 1 rings (SSSR count). The zero-order valence-electron chi connectivity index (χ0n) is 11.6. The second-order valence-electron chi connectivity index (χ2n) is 5.99. The van der Waals surface area contributed by atoms with Crippen LogP contribution >= 0.6 is 0 Å². The van der Waals surface area contributed by atoms with Crippen LogP contribution in [0.15, 0.2) is 11.6 Å². The predicted octanol–water partition coefficient (Wildman–Crippen LogP) is 2.81. The first-order valence-corrected chi connectivity index (χ1v) is 6.57. The molecule has 1 heterocycles. The SMILES string of the molecule is CCC(CNC(C)(C)C)N1CC=C(C)CC1. The van der Waals surface area contributed by atoms with Gasteiger partial charge >= 0.3 is 0 Å². The van der Waals surface area contributed by atoms with E-state index in [1.165, 1.54) is 19.4 Å². The molecule has 0 saturated carbocycles. The Bertz CT molecular complexity index is 238. The lowest BCUT2D eigenvalue weighted by molar-refractivity contribution is 0.190. The van der Waals surface area contributed by atoms with E-state index in [4.69, 9.17) is 0 Å². The summed E-state index contributed by atoms with van der Waals surface area (Å²) < 4.78 is 0. The zero-order chi connectivity index (χ0) is 12.2. The summed E-state index contributed by atoms with van der Waals surface area (Å²) in [5.74, 6) is 0. The van der Waals surface area contributed by atoms with E-state index in [9.17, 15) is 0 Å². The molecule has 0 aromatic rings. The molecule has 0 aliphatic carbocycles. The Balaban J connectivity index is 2.42. The molecular formula is C14H28N2. The summed E-state index contributed by atoms with van der Waals surface area (Å²) in [6.07, 6.45) is 4.85. The van der Waals surface area contributed by atoms with Crippen LogP contribution in [0, 0.1) is 0 Å². The number of rotatable bonds is 4. The van der Waals surface area contributed by atoms with Crippen LogP contribution in [0.5, 0.6) is 0 Å². The number of nitrogens with one attached hydrogen (secondary N) is 1. The third-order valence-electron chi connectivity index (χ3n) is 3.32. The topological polar surface area (TPSA) is 15.3 Å². The van der Waals surface area contributed by atoms with Crippen LogP contribution in [0.3, 0.4) is 0 Å². The van der Waals surface area contributed by atoms with Crippen LogP contribution < -0.4 is 5.32 Å². The Labute approximate surface area is 101 Å². The molecule has 1 atom stereocenters. The van der Waals surface area contributed by atoms with Gasteiger partial charge in [0.25, 0.3) is 0 Å². The summed E-state index contributed by atoms with van der Waals surface area (Å²) in [6.45, 7) is 14.7. The summed E-state index contributed by atoms with van der Waals surface area (Å²) in [7, 11) is 0. The van der Waals surface area contributed by atoms with E-state index < -0.39 is 0 Å². The van der Waals surface area contributed by atoms with Crippen molar-refractivity contribution >= 4 is 0 Å². The minimum atomic E-state index is 0.231. The largest absolute Gasteiger partial charge is 0.311 e. The van der Waals surface area contributed by atoms with Crippen molar-refractivity contribution in [3.8, 4) is 0 Å². The van der Waals surface area contributed by atoms with Crippen LogP contribution in [0.4, 0.5) is 0 Å². The van der Waals surface area contributed by atoms with Crippen LogP contribution in [0.1, 0.15) is 47.5 Å². The Kier molecular flexibility index (Phi) is 5.00. The van der Waals surface area contributed by atoms with Crippen molar-refractivity contribution < 1.29 is 0 Å². The molecular weight excluding hydrogens is 196 g/mol. The third-order valence-corrected chi connectivity index (χ3v) is 3.32. The van der Waals surface area contributed by atoms with Gasteiger partial charge in [-0.25, -0.2) is 0 Å². The van der Waals surface area contributed by atoms with Crippen LogP contribution in [0.25, 0.3) is 0 Å². The van der Waals surface area contributed by atoms with Gasteiger partial charge in [0.15, 0.2) is 0 Å². The average molecular weight is 224 g/mol. The number of nitrogens with zero attached hydrogens (tertiary/aromatic N) is 1. The maximum atomic E-state index is 3.62. The van der Waals surface area contributed by atoms with Crippen molar-refractivity contribution in [1.29, 1.82) is 0 Å². The van der Waals surface area contributed by atoms with Crippen molar-refractivity contribution in [3.05, 3.63) is 11.6 Å². The third kappa shape index (κ3) is 4.67. The standard InChI is InChI=1S/C14H28N2/c1-6-13(11-15-14(3,4)5)16-9-7-12(2)8-10-16/h7,13,15H,6,8-11H2,1-5H3. The summed E-state index contributed by atoms with van der Waals surface area (Å²) in [6, 6.07) is 0.684. The summed E-state index contributed by atoms with van der Waals surface area (Å²) in [5.41, 5.74) is 1.78. The molecule has 0 spiro atoms. The number of hydrogen-bond acceptors (Lipinski definition) is 2. The highest BCUT2D eigenvalue weighted by Crippen LogP contribution is 2.14. The van der Waals surface area contributed by atoms with Gasteiger partial charge in [0, 0.05) is 31.2 Å². The van der Waals surface area contributed by atoms with E-state index in [0.717, 1.165) is 13.1 Å². The van der Waals surface area contributed by atoms with Crippen LogP contribution in [0.2, 0.25) is 0 Å². The monoisotopic (exact) mass is 224 g/mol. The Morgan fingerprint density at radius 1 is 1.44 bits per heavy atom. The lowest BCUT2D eigenvalue weighted by Gasteiger charge is -2.35. The maximum Gasteiger partial charge on any atom is 0.0221 e. The summed E-state index contributed by atoms with van der Waals surface area (Å²) in [4.78, 5) is 2.60. The minimum Gasteiger partial charge on any atom is -0.311 e. The van der Waals surface area contributed by atoms with E-state index in [-0.39, 0.29) is 5.54 Å². The van der Waals surface area contributed by atoms with Crippen molar-refractivity contribution in [2.45, 2.75) is 59.0 Å². The van der Waals surface area contributed by atoms with Crippen LogP contribution in [-0.4, -0.2) is 36.1 Å². The van der Waals surface area contributed by atoms with Gasteiger partial charge in [-0.3, -0.25) is 4.90 Å². The molecule has 1 aliphatic heterocycles. The fourth-order valence-corrected chi connectivity index (χ4v) is 2.07. The molecule has 0 amide bonds. The average Bonchev–Trinajstić information content (AvgIpc) is 2.20. The fraction of sp³-hybridized carbons (Fsp3) is 0.857. The first-order chi connectivity index (χ1) is 7.42. The van der Waals surface area contributed by atoms with Gasteiger partial charge in [-0.05, 0) is 40.5 Å². The molecule has 1 N–H and O–H groups in total. The molecule has 0 aromatic carbocycles. The second kappa shape index (κ2) is 5.83. The highest BCUT2D eigenvalue weighted by Gasteiger charge is 2.20. The van der Waals surface area contributed by atoms with Gasteiger partial charge in [0.1, 0.15) is 0 Å². The maximum absolute atomic E-state index is 3.62. The smallest absolute Gasteiger partial charge is 0.0221 e. The first kappa shape index (κ1) is 13.7. The van der Waals surface area contributed by atoms with Gasteiger partial charge in [-0.2, -0.15) is 0 Å². The molecule has 0 aromatic heterocycles. The first-order valence-electron chi connectivity index (χ1n) is 6.57. The Morgan fingerprint density at radius 3 is 2.56 bits per heavy atom. The van der Waals surface area contributed by atoms with E-state index >= 15 is 0 Å². The molecule has 1 aliphatic rings. The normalized spacial score (nSPS) is 20.7. The van der Waals surface area contributed by atoms with Crippen molar-refractivity contribution in [3.63, 3.8) is 0 Å². The highest BCUT2D eigenvalue weighted by molar-refractivity contribution is 5.04. The Hall–Kier alpha value is -0.340. The van der Waals surface area contributed by atoms with E-state index in [0.29, 0.717) is 6.04 Å². The van der Waals surface area contributed by atoms with Crippen molar-refractivity contribution in [2.75, 3.05) is 19.6 Å². The lowest BCUT2D eigenvalue weighted by atomic mass is 10.0. The molecule has 2 nitrogen and oxygen atoms in total. The van der Waals surface area contributed by atoms with E-state index in [2.05, 4.69) is 50.9 Å². The fourth-order valence-electron chi connectivity index (χ4n) is 2.07. The lowest BCUT2D eigenvalue weighted by Crippen LogP contribution is -2.48. The van der Waals surface area contributed by atoms with E-state index in [1.807, 2.05) is 0 Å². The molecule has 0 radical (unpaired) electrons. The quantitative estimate of drug-likeness (QED) is 0.739. The minimum absolute atomic E-state index is 0.231. The summed E-state index contributed by atoms with van der Waals surface area (Å²) in [5, 5.41) is 3.62. The molecule has 1 unspecified atom stereocenters. The molecule has 94 valence electrons. The van der Waals surface area contributed by atoms with Crippen molar-refractivity contribution in [2.24, 2.45) is 0 Å². The molecule has 2 heteroatoms. The van der Waals surface area contributed by atoms with Gasteiger partial charge in [0.05, 0.1) is 0 Å². The molecule has 0 fully saturated rings. The Morgan fingerprint density at radius 2 is 2.12 bits per heavy atom. The zero-order valence-corrected chi connectivity index (χ0v) is 11.6. The molecule has 16 heavy (non-hydrogen) atoms. The van der Waals surface area contributed by atoms with Gasteiger partial charge in [-0.1, -0.05) is 18.6 Å². The van der Waals surface area contributed by atoms with Crippen LogP contribution in [-0.2, 0) is 0 Å². The van der Waals surface area contributed by atoms with Gasteiger partial charge in [-0.15, -0.1) is 0 Å². The molecule has 0 bridgehead atoms. The highest BCUT2D eigenvalue weighted by atomic mass is 15.2. The predicted molar refractivity (Wildman–Crippen MR) is 71.8 cm³/mol.